The number of hydrogen-bond acceptors (Lipinski definition) is 4. The van der Waals surface area contributed by atoms with Gasteiger partial charge in [0, 0.05) is 11.6 Å². The molecule has 1 aromatic heterocycles. The van der Waals surface area contributed by atoms with Crippen molar-refractivity contribution < 1.29 is 12.8 Å². The van der Waals surface area contributed by atoms with Crippen LogP contribution in [0.2, 0.25) is 5.02 Å². The summed E-state index contributed by atoms with van der Waals surface area (Å²) in [6, 6.07) is 9.22. The second kappa shape index (κ2) is 5.14. The largest absolute Gasteiger partial charge is 0.468 e. The molecule has 1 aromatic carbocycles. The summed E-state index contributed by atoms with van der Waals surface area (Å²) in [6.07, 6.45) is 1.43. The number of halogens is 1. The summed E-state index contributed by atoms with van der Waals surface area (Å²) < 4.78 is 29.9. The first-order valence-corrected chi connectivity index (χ1v) is 7.21. The minimum absolute atomic E-state index is 0.0432. The zero-order valence-corrected chi connectivity index (χ0v) is 11.0. The van der Waals surface area contributed by atoms with Crippen LogP contribution in [-0.4, -0.2) is 15.0 Å². The van der Waals surface area contributed by atoms with Crippen LogP contribution in [0.4, 0.5) is 0 Å². The molecule has 2 aromatic rings. The highest BCUT2D eigenvalue weighted by Gasteiger charge is 2.29. The Morgan fingerprint density at radius 1 is 1.22 bits per heavy atom. The lowest BCUT2D eigenvalue weighted by molar-refractivity contribution is 0.492. The molecule has 96 valence electrons. The van der Waals surface area contributed by atoms with Crippen LogP contribution in [0, 0.1) is 0 Å². The molecule has 0 radical (unpaired) electrons. The maximum Gasteiger partial charge on any atom is 0.189 e. The second-order valence-corrected chi connectivity index (χ2v) is 6.31. The highest BCUT2D eigenvalue weighted by molar-refractivity contribution is 7.91. The molecule has 1 atom stereocenters. The van der Waals surface area contributed by atoms with Crippen LogP contribution in [0.3, 0.4) is 0 Å². The molecule has 0 spiro atoms. The average molecular weight is 286 g/mol. The first kappa shape index (κ1) is 13.1. The number of furan rings is 1. The van der Waals surface area contributed by atoms with Crippen LogP contribution >= 0.6 is 11.6 Å². The van der Waals surface area contributed by atoms with Crippen molar-refractivity contribution in [2.24, 2.45) is 5.73 Å². The third-order valence-electron chi connectivity index (χ3n) is 2.59. The molecule has 2 rings (SSSR count). The fraction of sp³-hybridized carbons (Fsp3) is 0.167. The van der Waals surface area contributed by atoms with Gasteiger partial charge in [0.25, 0.3) is 0 Å². The minimum atomic E-state index is -3.57. The molecular weight excluding hydrogens is 274 g/mol. The van der Waals surface area contributed by atoms with Gasteiger partial charge in [0.1, 0.15) is 11.0 Å². The molecule has 0 saturated heterocycles. The van der Waals surface area contributed by atoms with Gasteiger partial charge in [-0.2, -0.15) is 0 Å². The molecule has 18 heavy (non-hydrogen) atoms. The molecule has 0 saturated carbocycles. The van der Waals surface area contributed by atoms with Gasteiger partial charge in [-0.05, 0) is 36.4 Å². The molecule has 4 nitrogen and oxygen atoms in total. The Morgan fingerprint density at radius 3 is 2.39 bits per heavy atom. The number of hydrogen-bond donors (Lipinski definition) is 1. The number of rotatable bonds is 4. The summed E-state index contributed by atoms with van der Waals surface area (Å²) in [7, 11) is -3.57. The van der Waals surface area contributed by atoms with Crippen LogP contribution in [0.15, 0.2) is 52.0 Å². The quantitative estimate of drug-likeness (QED) is 0.936. The molecule has 1 heterocycles. The van der Waals surface area contributed by atoms with E-state index in [0.717, 1.165) is 0 Å². The fourth-order valence-corrected chi connectivity index (χ4v) is 3.32. The van der Waals surface area contributed by atoms with Gasteiger partial charge in [-0.3, -0.25) is 0 Å². The van der Waals surface area contributed by atoms with Gasteiger partial charge in [-0.1, -0.05) is 11.6 Å². The Labute approximate surface area is 110 Å². The molecule has 0 bridgehead atoms. The zero-order valence-electron chi connectivity index (χ0n) is 9.41. The summed E-state index contributed by atoms with van der Waals surface area (Å²) in [5.41, 5.74) is 5.55. The normalized spacial score (nSPS) is 13.4. The van der Waals surface area contributed by atoms with Crippen molar-refractivity contribution in [3.05, 3.63) is 53.4 Å². The molecular formula is C12H12ClNO3S. The summed E-state index contributed by atoms with van der Waals surface area (Å²) in [5, 5.41) is -0.398. The Balaban J connectivity index is 2.44. The summed E-state index contributed by atoms with van der Waals surface area (Å²) in [5.74, 6) is 0.340. The van der Waals surface area contributed by atoms with Crippen molar-refractivity contribution in [1.29, 1.82) is 0 Å². The third kappa shape index (κ3) is 2.43. The number of sulfone groups is 1. The fourth-order valence-electron chi connectivity index (χ4n) is 1.66. The highest BCUT2D eigenvalue weighted by Crippen LogP contribution is 2.28. The van der Waals surface area contributed by atoms with E-state index >= 15 is 0 Å². The molecule has 0 aliphatic carbocycles. The van der Waals surface area contributed by atoms with E-state index in [9.17, 15) is 8.42 Å². The van der Waals surface area contributed by atoms with Gasteiger partial charge >= 0.3 is 0 Å². The molecule has 0 amide bonds. The third-order valence-corrected chi connectivity index (χ3v) is 4.95. The van der Waals surface area contributed by atoms with E-state index in [2.05, 4.69) is 0 Å². The maximum absolute atomic E-state index is 12.4. The van der Waals surface area contributed by atoms with Crippen molar-refractivity contribution >= 4 is 21.4 Å². The topological polar surface area (TPSA) is 73.3 Å². The van der Waals surface area contributed by atoms with Gasteiger partial charge in [0.15, 0.2) is 9.84 Å². The van der Waals surface area contributed by atoms with Crippen molar-refractivity contribution in [3.63, 3.8) is 0 Å². The number of nitrogens with two attached hydrogens (primary N) is 1. The Hall–Kier alpha value is -1.30. The molecule has 0 fully saturated rings. The smallest absolute Gasteiger partial charge is 0.189 e. The van der Waals surface area contributed by atoms with Crippen LogP contribution in [0.1, 0.15) is 11.0 Å². The van der Waals surface area contributed by atoms with E-state index in [1.165, 1.54) is 30.5 Å². The van der Waals surface area contributed by atoms with Crippen molar-refractivity contribution in [2.75, 3.05) is 6.54 Å². The Kier molecular flexibility index (Phi) is 3.75. The first-order valence-electron chi connectivity index (χ1n) is 5.28. The van der Waals surface area contributed by atoms with E-state index in [-0.39, 0.29) is 11.4 Å². The standard InChI is InChI=1S/C12H12ClNO3S/c13-9-3-5-10(6-4-9)18(15,16)12(8-14)11-2-1-7-17-11/h1-7,12H,8,14H2. The maximum atomic E-state index is 12.4. The summed E-state index contributed by atoms with van der Waals surface area (Å²) in [6.45, 7) is -0.0432. The van der Waals surface area contributed by atoms with Crippen molar-refractivity contribution in [2.45, 2.75) is 10.1 Å². The molecule has 0 aliphatic heterocycles. The van der Waals surface area contributed by atoms with Crippen LogP contribution < -0.4 is 5.73 Å². The Bertz CT molecular complexity index is 605. The van der Waals surface area contributed by atoms with Gasteiger partial charge < -0.3 is 10.2 Å². The lowest BCUT2D eigenvalue weighted by Gasteiger charge is -2.13. The summed E-state index contributed by atoms with van der Waals surface area (Å²) >= 11 is 5.74. The zero-order chi connectivity index (χ0) is 13.2. The van der Waals surface area contributed by atoms with E-state index in [4.69, 9.17) is 21.8 Å². The SMILES string of the molecule is NCC(c1ccco1)S(=O)(=O)c1ccc(Cl)cc1. The van der Waals surface area contributed by atoms with Gasteiger partial charge in [-0.15, -0.1) is 0 Å². The average Bonchev–Trinajstić information content (AvgIpc) is 2.84. The van der Waals surface area contributed by atoms with Gasteiger partial charge in [0.2, 0.25) is 0 Å². The lowest BCUT2D eigenvalue weighted by Crippen LogP contribution is -2.21. The van der Waals surface area contributed by atoms with E-state index in [1.807, 2.05) is 0 Å². The summed E-state index contributed by atoms with van der Waals surface area (Å²) in [4.78, 5) is 0.179. The lowest BCUT2D eigenvalue weighted by atomic mass is 10.3. The predicted molar refractivity (Wildman–Crippen MR) is 69.1 cm³/mol. The van der Waals surface area contributed by atoms with Gasteiger partial charge in [0.05, 0.1) is 11.2 Å². The molecule has 2 N–H and O–H groups in total. The van der Waals surface area contributed by atoms with Crippen LogP contribution in [0.5, 0.6) is 0 Å². The van der Waals surface area contributed by atoms with E-state index in [0.29, 0.717) is 10.8 Å². The predicted octanol–water partition coefficient (Wildman–Crippen LogP) is 2.41. The number of benzene rings is 1. The second-order valence-electron chi connectivity index (χ2n) is 3.74. The first-order chi connectivity index (χ1) is 8.55. The monoisotopic (exact) mass is 285 g/mol. The molecule has 6 heteroatoms. The van der Waals surface area contributed by atoms with Gasteiger partial charge in [-0.25, -0.2) is 8.42 Å². The molecule has 0 aliphatic rings. The van der Waals surface area contributed by atoms with Crippen molar-refractivity contribution in [3.8, 4) is 0 Å². The molecule has 1 unspecified atom stereocenters. The van der Waals surface area contributed by atoms with Crippen LogP contribution in [-0.2, 0) is 9.84 Å². The minimum Gasteiger partial charge on any atom is -0.468 e. The van der Waals surface area contributed by atoms with E-state index in [1.54, 1.807) is 12.1 Å². The van der Waals surface area contributed by atoms with Crippen molar-refractivity contribution in [1.82, 2.24) is 0 Å². The Morgan fingerprint density at radius 2 is 1.89 bits per heavy atom. The van der Waals surface area contributed by atoms with E-state index < -0.39 is 15.1 Å². The van der Waals surface area contributed by atoms with Crippen LogP contribution in [0.25, 0.3) is 0 Å². The highest BCUT2D eigenvalue weighted by atomic mass is 35.5.